The summed E-state index contributed by atoms with van der Waals surface area (Å²) in [5, 5.41) is 3.47. The van der Waals surface area contributed by atoms with E-state index >= 15 is 0 Å². The number of anilines is 3. The van der Waals surface area contributed by atoms with Crippen molar-refractivity contribution in [1.82, 2.24) is 4.72 Å². The smallest absolute Gasteiger partial charge is 0.242 e. The number of benzene rings is 2. The number of nitrogen functional groups attached to an aromatic ring is 1. The van der Waals surface area contributed by atoms with E-state index in [1.807, 2.05) is 0 Å². The van der Waals surface area contributed by atoms with Gasteiger partial charge in [-0.3, -0.25) is 0 Å². The summed E-state index contributed by atoms with van der Waals surface area (Å²) in [7, 11) is -2.30. The van der Waals surface area contributed by atoms with E-state index in [-0.39, 0.29) is 4.90 Å². The van der Waals surface area contributed by atoms with Crippen LogP contribution in [0.4, 0.5) is 17.1 Å². The molecule has 21 heavy (non-hydrogen) atoms. The summed E-state index contributed by atoms with van der Waals surface area (Å²) in [5.74, 6) is 0. The molecule has 0 radical (unpaired) electrons. The highest BCUT2D eigenvalue weighted by Gasteiger charge is 2.17. The minimum atomic E-state index is -3.64. The fourth-order valence-electron chi connectivity index (χ4n) is 1.71. The van der Waals surface area contributed by atoms with E-state index in [4.69, 9.17) is 17.3 Å². The quantitative estimate of drug-likeness (QED) is 0.699. The van der Waals surface area contributed by atoms with Gasteiger partial charge in [0, 0.05) is 10.2 Å². The topological polar surface area (TPSA) is 84.2 Å². The van der Waals surface area contributed by atoms with Crippen LogP contribution in [0, 0.1) is 0 Å². The first-order valence-corrected chi connectivity index (χ1v) is 8.54. The highest BCUT2D eigenvalue weighted by Crippen LogP contribution is 2.32. The number of sulfonamides is 1. The standard InChI is InChI=1S/C13H13BrClN3O2S/c1-17-21(19,20)13-7-9(16)3-5-12(13)18-11-4-2-8(14)6-10(11)15/h2-7,17-18H,16H2,1H3. The van der Waals surface area contributed by atoms with Crippen LogP contribution in [0.25, 0.3) is 0 Å². The lowest BCUT2D eigenvalue weighted by molar-refractivity contribution is 0.588. The maximum Gasteiger partial charge on any atom is 0.242 e. The van der Waals surface area contributed by atoms with Crippen molar-refractivity contribution in [2.75, 3.05) is 18.1 Å². The van der Waals surface area contributed by atoms with Crippen molar-refractivity contribution in [3.8, 4) is 0 Å². The molecule has 0 fully saturated rings. The van der Waals surface area contributed by atoms with E-state index in [0.29, 0.717) is 22.1 Å². The summed E-state index contributed by atoms with van der Waals surface area (Å²) in [6, 6.07) is 9.87. The minimum absolute atomic E-state index is 0.0592. The molecule has 112 valence electrons. The van der Waals surface area contributed by atoms with Gasteiger partial charge < -0.3 is 11.1 Å². The predicted molar refractivity (Wildman–Crippen MR) is 89.5 cm³/mol. The maximum atomic E-state index is 12.1. The molecule has 8 heteroatoms. The molecule has 4 N–H and O–H groups in total. The largest absolute Gasteiger partial charge is 0.399 e. The SMILES string of the molecule is CNS(=O)(=O)c1cc(N)ccc1Nc1ccc(Br)cc1Cl. The van der Waals surface area contributed by atoms with Gasteiger partial charge in [-0.25, -0.2) is 13.1 Å². The molecule has 5 nitrogen and oxygen atoms in total. The summed E-state index contributed by atoms with van der Waals surface area (Å²) in [4.78, 5) is 0.0592. The molecular formula is C13H13BrClN3O2S. The summed E-state index contributed by atoms with van der Waals surface area (Å²) < 4.78 is 27.2. The molecule has 2 aromatic rings. The third-order valence-corrected chi connectivity index (χ3v) is 5.02. The van der Waals surface area contributed by atoms with E-state index in [2.05, 4.69) is 26.0 Å². The van der Waals surface area contributed by atoms with Gasteiger partial charge in [0.1, 0.15) is 4.90 Å². The van der Waals surface area contributed by atoms with Crippen LogP contribution in [0.5, 0.6) is 0 Å². The molecule has 0 aliphatic carbocycles. The Labute approximate surface area is 136 Å². The zero-order valence-electron chi connectivity index (χ0n) is 11.0. The monoisotopic (exact) mass is 389 g/mol. The first kappa shape index (κ1) is 16.1. The molecule has 0 saturated heterocycles. The van der Waals surface area contributed by atoms with Crippen molar-refractivity contribution in [2.45, 2.75) is 4.90 Å². The van der Waals surface area contributed by atoms with E-state index < -0.39 is 10.0 Å². The van der Waals surface area contributed by atoms with Crippen molar-refractivity contribution >= 4 is 54.6 Å². The van der Waals surface area contributed by atoms with Crippen LogP contribution in [0.3, 0.4) is 0 Å². The first-order valence-electron chi connectivity index (χ1n) is 5.88. The van der Waals surface area contributed by atoms with Gasteiger partial charge in [0.2, 0.25) is 10.0 Å². The van der Waals surface area contributed by atoms with Gasteiger partial charge in [-0.1, -0.05) is 27.5 Å². The minimum Gasteiger partial charge on any atom is -0.399 e. The molecule has 0 spiro atoms. The molecular weight excluding hydrogens is 378 g/mol. The predicted octanol–water partition coefficient (Wildman–Crippen LogP) is 3.34. The van der Waals surface area contributed by atoms with Crippen LogP contribution in [0.2, 0.25) is 5.02 Å². The summed E-state index contributed by atoms with van der Waals surface area (Å²) in [6.07, 6.45) is 0. The van der Waals surface area contributed by atoms with Crippen molar-refractivity contribution in [3.63, 3.8) is 0 Å². The number of rotatable bonds is 4. The lowest BCUT2D eigenvalue weighted by atomic mass is 10.2. The molecule has 0 unspecified atom stereocenters. The zero-order valence-corrected chi connectivity index (χ0v) is 14.2. The highest BCUT2D eigenvalue weighted by atomic mass is 79.9. The van der Waals surface area contributed by atoms with Crippen molar-refractivity contribution in [2.24, 2.45) is 0 Å². The van der Waals surface area contributed by atoms with Gasteiger partial charge in [-0.15, -0.1) is 0 Å². The Bertz CT molecular complexity index is 781. The number of hydrogen-bond acceptors (Lipinski definition) is 4. The Kier molecular flexibility index (Phi) is 4.77. The van der Waals surface area contributed by atoms with Crippen LogP contribution >= 0.6 is 27.5 Å². The number of nitrogens with two attached hydrogens (primary N) is 1. The van der Waals surface area contributed by atoms with Crippen LogP contribution in [0.15, 0.2) is 45.8 Å². The molecule has 0 amide bonds. The molecule has 0 aromatic heterocycles. The van der Waals surface area contributed by atoms with Crippen LogP contribution in [-0.2, 0) is 10.0 Å². The van der Waals surface area contributed by atoms with Gasteiger partial charge in [0.15, 0.2) is 0 Å². The second kappa shape index (κ2) is 6.23. The summed E-state index contributed by atoms with van der Waals surface area (Å²) >= 11 is 9.44. The molecule has 0 saturated carbocycles. The van der Waals surface area contributed by atoms with Gasteiger partial charge in [0.25, 0.3) is 0 Å². The number of hydrogen-bond donors (Lipinski definition) is 3. The molecule has 0 aliphatic rings. The Balaban J connectivity index is 2.50. The fraction of sp³-hybridized carbons (Fsp3) is 0.0769. The van der Waals surface area contributed by atoms with E-state index in [1.165, 1.54) is 13.1 Å². The first-order chi connectivity index (χ1) is 9.83. The van der Waals surface area contributed by atoms with Crippen molar-refractivity contribution in [3.05, 3.63) is 45.9 Å². The third-order valence-electron chi connectivity index (χ3n) is 2.76. The van der Waals surface area contributed by atoms with Crippen molar-refractivity contribution in [1.29, 1.82) is 0 Å². The molecule has 2 aromatic carbocycles. The van der Waals surface area contributed by atoms with Gasteiger partial charge in [0.05, 0.1) is 16.4 Å². The fourth-order valence-corrected chi connectivity index (χ4v) is 3.35. The van der Waals surface area contributed by atoms with Crippen LogP contribution in [0.1, 0.15) is 0 Å². The van der Waals surface area contributed by atoms with E-state index in [9.17, 15) is 8.42 Å². The van der Waals surface area contributed by atoms with Gasteiger partial charge in [-0.2, -0.15) is 0 Å². The molecule has 0 aliphatic heterocycles. The average Bonchev–Trinajstić information content (AvgIpc) is 2.43. The Hall–Kier alpha value is -1.28. The maximum absolute atomic E-state index is 12.1. The zero-order chi connectivity index (χ0) is 15.6. The number of nitrogens with one attached hydrogen (secondary N) is 2. The normalized spacial score (nSPS) is 11.4. The second-order valence-corrected chi connectivity index (χ2v) is 7.39. The van der Waals surface area contributed by atoms with E-state index in [0.717, 1.165) is 4.47 Å². The summed E-state index contributed by atoms with van der Waals surface area (Å²) in [5.41, 5.74) is 7.01. The third kappa shape index (κ3) is 3.68. The van der Waals surface area contributed by atoms with Gasteiger partial charge in [-0.05, 0) is 43.4 Å². The van der Waals surface area contributed by atoms with Crippen molar-refractivity contribution < 1.29 is 8.42 Å². The molecule has 2 rings (SSSR count). The van der Waals surface area contributed by atoms with E-state index in [1.54, 1.807) is 30.3 Å². The van der Waals surface area contributed by atoms with Gasteiger partial charge >= 0.3 is 0 Å². The van der Waals surface area contributed by atoms with Crippen LogP contribution < -0.4 is 15.8 Å². The van der Waals surface area contributed by atoms with Crippen LogP contribution in [-0.4, -0.2) is 15.5 Å². The molecule has 0 atom stereocenters. The second-order valence-electron chi connectivity index (χ2n) is 4.21. The summed E-state index contributed by atoms with van der Waals surface area (Å²) in [6.45, 7) is 0. The molecule has 0 heterocycles. The molecule has 0 bridgehead atoms. The Morgan fingerprint density at radius 2 is 1.81 bits per heavy atom. The Morgan fingerprint density at radius 3 is 2.43 bits per heavy atom. The lowest BCUT2D eigenvalue weighted by Gasteiger charge is -2.14. The average molecular weight is 391 g/mol. The number of halogens is 2. The lowest BCUT2D eigenvalue weighted by Crippen LogP contribution is -2.20. The Morgan fingerprint density at radius 1 is 1.14 bits per heavy atom. The highest BCUT2D eigenvalue weighted by molar-refractivity contribution is 9.10.